The first-order chi connectivity index (χ1) is 13.9. The molecule has 29 heavy (non-hydrogen) atoms. The zero-order valence-corrected chi connectivity index (χ0v) is 19.0. The van der Waals surface area contributed by atoms with E-state index in [9.17, 15) is 0 Å². The van der Waals surface area contributed by atoms with Gasteiger partial charge in [-0.05, 0) is 97.4 Å². The van der Waals surface area contributed by atoms with E-state index in [1.165, 1.54) is 51.4 Å². The first kappa shape index (κ1) is 19.1. The summed E-state index contributed by atoms with van der Waals surface area (Å²) in [5, 5.41) is 3.90. The van der Waals surface area contributed by atoms with Crippen LogP contribution in [0.2, 0.25) is 0 Å². The minimum Gasteiger partial charge on any atom is -0.357 e. The van der Waals surface area contributed by atoms with Gasteiger partial charge in [0.05, 0.1) is 6.10 Å². The van der Waals surface area contributed by atoms with Crippen molar-refractivity contribution in [2.45, 2.75) is 90.9 Å². The van der Waals surface area contributed by atoms with Crippen LogP contribution in [0.3, 0.4) is 0 Å². The fourth-order valence-corrected chi connectivity index (χ4v) is 9.50. The zero-order valence-electron chi connectivity index (χ0n) is 19.0. The van der Waals surface area contributed by atoms with Gasteiger partial charge in [-0.2, -0.15) is 0 Å². The number of allylic oxidation sites excluding steroid dienone is 4. The maximum Gasteiger partial charge on any atom is 0.122 e. The van der Waals surface area contributed by atoms with Crippen LogP contribution >= 0.6 is 0 Å². The van der Waals surface area contributed by atoms with Crippen LogP contribution in [0.4, 0.5) is 0 Å². The molecule has 4 fully saturated rings. The molecule has 2 saturated carbocycles. The van der Waals surface area contributed by atoms with Gasteiger partial charge in [0.2, 0.25) is 0 Å². The van der Waals surface area contributed by atoms with Crippen molar-refractivity contribution < 1.29 is 4.74 Å². The lowest BCUT2D eigenvalue weighted by atomic mass is 9.47. The van der Waals surface area contributed by atoms with Crippen LogP contribution in [0.15, 0.2) is 23.8 Å². The Hall–Kier alpha value is -0.600. The molecule has 2 heteroatoms. The van der Waals surface area contributed by atoms with E-state index in [4.69, 9.17) is 4.74 Å². The first-order valence-corrected chi connectivity index (χ1v) is 12.7. The maximum atomic E-state index is 7.01. The van der Waals surface area contributed by atoms with Gasteiger partial charge in [0.15, 0.2) is 0 Å². The van der Waals surface area contributed by atoms with Gasteiger partial charge < -0.3 is 4.74 Å². The van der Waals surface area contributed by atoms with Gasteiger partial charge in [0, 0.05) is 12.5 Å². The Kier molecular flexibility index (Phi) is 4.10. The van der Waals surface area contributed by atoms with Crippen molar-refractivity contribution in [3.8, 4) is 0 Å². The standard InChI is InChI=1S/C27H41NO/c1-17-10-14-27(28-16-17)18(2)24-23(29-27)15-22-20-9-8-19-7-5-6-12-25(19,3)21(20)11-13-26(22,24)4/h5,7-8,17-18,20-24,28H,6,9-16H2,1-4H3/t17-,18+,20+,21-,22+,23-,24-,25-,26-,27-/m0/s1. The minimum absolute atomic E-state index is 0.0214. The minimum atomic E-state index is -0.0214. The Morgan fingerprint density at radius 3 is 2.72 bits per heavy atom. The van der Waals surface area contributed by atoms with Crippen molar-refractivity contribution in [2.24, 2.45) is 46.3 Å². The van der Waals surface area contributed by atoms with Crippen molar-refractivity contribution in [1.82, 2.24) is 5.32 Å². The first-order valence-electron chi connectivity index (χ1n) is 12.7. The van der Waals surface area contributed by atoms with E-state index in [-0.39, 0.29) is 5.72 Å². The number of hydrogen-bond acceptors (Lipinski definition) is 2. The molecule has 0 bridgehead atoms. The Morgan fingerprint density at radius 2 is 1.93 bits per heavy atom. The Morgan fingerprint density at radius 1 is 1.07 bits per heavy atom. The molecule has 0 aromatic rings. The van der Waals surface area contributed by atoms with Gasteiger partial charge in [-0.15, -0.1) is 0 Å². The van der Waals surface area contributed by atoms with E-state index in [1.807, 2.05) is 0 Å². The molecule has 2 saturated heterocycles. The second-order valence-corrected chi connectivity index (χ2v) is 12.3. The van der Waals surface area contributed by atoms with Crippen molar-refractivity contribution in [1.29, 1.82) is 0 Å². The van der Waals surface area contributed by atoms with Crippen molar-refractivity contribution in [3.05, 3.63) is 23.8 Å². The van der Waals surface area contributed by atoms with Crippen molar-refractivity contribution in [3.63, 3.8) is 0 Å². The molecule has 1 spiro atoms. The summed E-state index contributed by atoms with van der Waals surface area (Å²) in [7, 11) is 0. The number of fused-ring (bicyclic) bond motifs is 7. The number of ether oxygens (including phenoxy) is 1. The molecule has 160 valence electrons. The van der Waals surface area contributed by atoms with Crippen LogP contribution in [0.25, 0.3) is 0 Å². The Balaban J connectivity index is 1.30. The monoisotopic (exact) mass is 395 g/mol. The summed E-state index contributed by atoms with van der Waals surface area (Å²) >= 11 is 0. The molecule has 0 aromatic carbocycles. The second kappa shape index (κ2) is 6.22. The Labute approximate surface area is 177 Å². The van der Waals surface area contributed by atoms with E-state index in [1.54, 1.807) is 5.57 Å². The van der Waals surface area contributed by atoms with Crippen LogP contribution in [-0.4, -0.2) is 18.4 Å². The maximum absolute atomic E-state index is 7.01. The van der Waals surface area contributed by atoms with Crippen molar-refractivity contribution in [2.75, 3.05) is 6.54 Å². The van der Waals surface area contributed by atoms with Crippen LogP contribution in [-0.2, 0) is 4.74 Å². The highest BCUT2D eigenvalue weighted by Crippen LogP contribution is 2.69. The molecule has 1 N–H and O–H groups in total. The molecule has 6 rings (SSSR count). The summed E-state index contributed by atoms with van der Waals surface area (Å²) in [6.45, 7) is 11.3. The third-order valence-corrected chi connectivity index (χ3v) is 11.1. The zero-order chi connectivity index (χ0) is 20.0. The van der Waals surface area contributed by atoms with Crippen LogP contribution in [0.5, 0.6) is 0 Å². The van der Waals surface area contributed by atoms with Crippen LogP contribution < -0.4 is 5.32 Å². The quantitative estimate of drug-likeness (QED) is 0.536. The molecule has 2 nitrogen and oxygen atoms in total. The Bertz CT molecular complexity index is 746. The summed E-state index contributed by atoms with van der Waals surface area (Å²) in [5.74, 6) is 4.82. The molecule has 6 aliphatic rings. The highest BCUT2D eigenvalue weighted by atomic mass is 16.5. The largest absolute Gasteiger partial charge is 0.357 e. The predicted octanol–water partition coefficient (Wildman–Crippen LogP) is 6.09. The average molecular weight is 396 g/mol. The molecule has 2 aliphatic heterocycles. The number of piperidine rings is 1. The molecule has 0 radical (unpaired) electrons. The molecule has 0 amide bonds. The van der Waals surface area contributed by atoms with Gasteiger partial charge >= 0.3 is 0 Å². The molecule has 4 aliphatic carbocycles. The fraction of sp³-hybridized carbons (Fsp3) is 0.852. The van der Waals surface area contributed by atoms with E-state index >= 15 is 0 Å². The normalized spacial score (nSPS) is 58.3. The lowest BCUT2D eigenvalue weighted by molar-refractivity contribution is -0.114. The molecular formula is C27H41NO. The molecule has 0 unspecified atom stereocenters. The highest BCUT2D eigenvalue weighted by Gasteiger charge is 2.67. The van der Waals surface area contributed by atoms with Gasteiger partial charge in [-0.25, -0.2) is 0 Å². The predicted molar refractivity (Wildman–Crippen MR) is 118 cm³/mol. The fourth-order valence-electron chi connectivity index (χ4n) is 9.50. The molecule has 0 aromatic heterocycles. The summed E-state index contributed by atoms with van der Waals surface area (Å²) in [5.41, 5.74) is 2.56. The second-order valence-electron chi connectivity index (χ2n) is 12.3. The summed E-state index contributed by atoms with van der Waals surface area (Å²) in [6, 6.07) is 0. The smallest absolute Gasteiger partial charge is 0.122 e. The average Bonchev–Trinajstić information content (AvgIpc) is 3.15. The van der Waals surface area contributed by atoms with Gasteiger partial charge in [-0.3, -0.25) is 5.32 Å². The van der Waals surface area contributed by atoms with Gasteiger partial charge in [0.1, 0.15) is 5.72 Å². The SMILES string of the molecule is C[C@H]1CC[C@]2(NC1)O[C@H]1C[C@@H]3[C@@H]4CC=C5C=CCC[C@]5(C)[C@H]4CC[C@]3(C)[C@H]1[C@H]2C. The molecule has 10 atom stereocenters. The topological polar surface area (TPSA) is 21.3 Å². The highest BCUT2D eigenvalue weighted by molar-refractivity contribution is 5.34. The third kappa shape index (κ3) is 2.42. The lowest BCUT2D eigenvalue weighted by Crippen LogP contribution is -2.56. The lowest BCUT2D eigenvalue weighted by Gasteiger charge is -2.57. The van der Waals surface area contributed by atoms with Crippen molar-refractivity contribution >= 4 is 0 Å². The van der Waals surface area contributed by atoms with E-state index in [0.717, 1.165) is 36.1 Å². The van der Waals surface area contributed by atoms with E-state index in [2.05, 4.69) is 51.2 Å². The molecular weight excluding hydrogens is 354 g/mol. The van der Waals surface area contributed by atoms with Crippen LogP contribution in [0.1, 0.15) is 79.1 Å². The van der Waals surface area contributed by atoms with Gasteiger partial charge in [-0.1, -0.05) is 45.9 Å². The third-order valence-electron chi connectivity index (χ3n) is 11.1. The van der Waals surface area contributed by atoms with E-state index < -0.39 is 0 Å². The number of hydrogen-bond donors (Lipinski definition) is 1. The summed E-state index contributed by atoms with van der Waals surface area (Å²) < 4.78 is 7.01. The summed E-state index contributed by atoms with van der Waals surface area (Å²) in [6.07, 6.45) is 18.7. The van der Waals surface area contributed by atoms with Gasteiger partial charge in [0.25, 0.3) is 0 Å². The molecule has 2 heterocycles. The van der Waals surface area contributed by atoms with Crippen LogP contribution in [0, 0.1) is 46.3 Å². The number of rotatable bonds is 0. The summed E-state index contributed by atoms with van der Waals surface area (Å²) in [4.78, 5) is 0. The van der Waals surface area contributed by atoms with E-state index in [0.29, 0.717) is 22.9 Å². The number of nitrogens with one attached hydrogen (secondary N) is 1.